The molecule has 0 aliphatic heterocycles. The molecule has 1 atom stereocenters. The van der Waals surface area contributed by atoms with Crippen LogP contribution in [0.15, 0.2) is 24.3 Å². The molecule has 1 N–H and O–H groups in total. The molecule has 3 heteroatoms. The molecule has 1 unspecified atom stereocenters. The van der Waals surface area contributed by atoms with Gasteiger partial charge >= 0.3 is 0 Å². The fourth-order valence-electron chi connectivity index (χ4n) is 1.07. The van der Waals surface area contributed by atoms with Crippen LogP contribution in [0, 0.1) is 5.82 Å². The fraction of sp³-hybridized carbons (Fsp3) is 0.333. The van der Waals surface area contributed by atoms with E-state index in [1.54, 1.807) is 18.2 Å². The molecule has 66 valence electrons. The number of halogens is 1. The number of hydrogen-bond donors (Lipinski definition) is 1. The molecule has 0 heterocycles. The summed E-state index contributed by atoms with van der Waals surface area (Å²) in [6, 6.07) is 6.50. The van der Waals surface area contributed by atoms with Crippen LogP contribution >= 0.6 is 0 Å². The minimum Gasteiger partial charge on any atom is -0.305 e. The largest absolute Gasteiger partial charge is 0.305 e. The van der Waals surface area contributed by atoms with Gasteiger partial charge in [-0.1, -0.05) is 18.2 Å². The predicted molar refractivity (Wildman–Crippen MR) is 45.0 cm³/mol. The van der Waals surface area contributed by atoms with Gasteiger partial charge in [-0.05, 0) is 13.0 Å². The zero-order chi connectivity index (χ0) is 8.97. The molecule has 0 radical (unpaired) electrons. The molecule has 0 bridgehead atoms. The number of nitrogens with one attached hydrogen (secondary N) is 1. The average molecular weight is 169 g/mol. The summed E-state index contributed by atoms with van der Waals surface area (Å²) in [5.41, 5.74) is 3.27. The van der Waals surface area contributed by atoms with E-state index in [1.807, 2.05) is 6.92 Å². The first-order valence-electron chi connectivity index (χ1n) is 3.78. The average Bonchev–Trinajstić information content (AvgIpc) is 2.05. The Kier molecular flexibility index (Phi) is 3.19. The summed E-state index contributed by atoms with van der Waals surface area (Å²) in [6.07, 6.45) is 0. The molecule has 1 rings (SSSR count). The summed E-state index contributed by atoms with van der Waals surface area (Å²) in [7, 11) is 1.51. The standard InChI is InChI=1S/C9H12FNO/c1-7(11-12-2)8-5-3-4-6-9(8)10/h3-7,11H,1-2H3. The summed E-state index contributed by atoms with van der Waals surface area (Å²) in [5.74, 6) is -0.213. The highest BCUT2D eigenvalue weighted by Gasteiger charge is 2.08. The van der Waals surface area contributed by atoms with E-state index in [0.717, 1.165) is 0 Å². The van der Waals surface area contributed by atoms with Crippen molar-refractivity contribution in [2.75, 3.05) is 7.11 Å². The van der Waals surface area contributed by atoms with Gasteiger partial charge in [-0.3, -0.25) is 0 Å². The van der Waals surface area contributed by atoms with Gasteiger partial charge in [0.25, 0.3) is 0 Å². The van der Waals surface area contributed by atoms with E-state index in [4.69, 9.17) is 4.84 Å². The molecule has 0 saturated heterocycles. The predicted octanol–water partition coefficient (Wildman–Crippen LogP) is 2.04. The van der Waals surface area contributed by atoms with Crippen LogP contribution < -0.4 is 5.48 Å². The highest BCUT2D eigenvalue weighted by atomic mass is 19.1. The van der Waals surface area contributed by atoms with Crippen molar-refractivity contribution < 1.29 is 9.23 Å². The van der Waals surface area contributed by atoms with Crippen LogP contribution in [0.4, 0.5) is 4.39 Å². The van der Waals surface area contributed by atoms with Crippen LogP contribution in [0.1, 0.15) is 18.5 Å². The summed E-state index contributed by atoms with van der Waals surface area (Å²) in [6.45, 7) is 1.84. The molecular formula is C9H12FNO. The number of benzene rings is 1. The molecule has 2 nitrogen and oxygen atoms in total. The Morgan fingerprint density at radius 3 is 2.67 bits per heavy atom. The first-order chi connectivity index (χ1) is 5.75. The second kappa shape index (κ2) is 4.18. The number of rotatable bonds is 3. The summed E-state index contributed by atoms with van der Waals surface area (Å²) in [5, 5.41) is 0. The Hall–Kier alpha value is -0.930. The third-order valence-electron chi connectivity index (χ3n) is 1.67. The highest BCUT2D eigenvalue weighted by Crippen LogP contribution is 2.15. The van der Waals surface area contributed by atoms with Gasteiger partial charge in [-0.15, -0.1) is 0 Å². The van der Waals surface area contributed by atoms with Crippen molar-refractivity contribution in [3.05, 3.63) is 35.6 Å². The van der Waals surface area contributed by atoms with Crippen molar-refractivity contribution in [2.45, 2.75) is 13.0 Å². The zero-order valence-electron chi connectivity index (χ0n) is 7.17. The van der Waals surface area contributed by atoms with Gasteiger partial charge in [0.1, 0.15) is 5.82 Å². The molecule has 0 aliphatic rings. The third kappa shape index (κ3) is 2.03. The van der Waals surface area contributed by atoms with E-state index < -0.39 is 0 Å². The molecule has 0 amide bonds. The molecule has 0 saturated carbocycles. The maximum atomic E-state index is 13.1. The van der Waals surface area contributed by atoms with Crippen molar-refractivity contribution in [1.82, 2.24) is 5.48 Å². The van der Waals surface area contributed by atoms with Crippen molar-refractivity contribution in [3.63, 3.8) is 0 Å². The smallest absolute Gasteiger partial charge is 0.128 e. The topological polar surface area (TPSA) is 21.3 Å². The van der Waals surface area contributed by atoms with Gasteiger partial charge in [0.2, 0.25) is 0 Å². The Morgan fingerprint density at radius 1 is 1.42 bits per heavy atom. The quantitative estimate of drug-likeness (QED) is 0.699. The lowest BCUT2D eigenvalue weighted by Crippen LogP contribution is -2.17. The lowest BCUT2D eigenvalue weighted by atomic mass is 10.1. The van der Waals surface area contributed by atoms with Crippen LogP contribution in [0.5, 0.6) is 0 Å². The third-order valence-corrected chi connectivity index (χ3v) is 1.67. The Bertz CT molecular complexity index is 252. The second-order valence-electron chi connectivity index (χ2n) is 2.57. The van der Waals surface area contributed by atoms with E-state index in [0.29, 0.717) is 5.56 Å². The van der Waals surface area contributed by atoms with Gasteiger partial charge in [-0.25, -0.2) is 4.39 Å². The first-order valence-corrected chi connectivity index (χ1v) is 3.78. The summed E-state index contributed by atoms with van der Waals surface area (Å²) >= 11 is 0. The SMILES string of the molecule is CONC(C)c1ccccc1F. The Morgan fingerprint density at radius 2 is 2.08 bits per heavy atom. The number of hydroxylamine groups is 1. The van der Waals surface area contributed by atoms with E-state index in [2.05, 4.69) is 5.48 Å². The second-order valence-corrected chi connectivity index (χ2v) is 2.57. The lowest BCUT2D eigenvalue weighted by Gasteiger charge is -2.12. The molecule has 1 aromatic carbocycles. The molecule has 1 aromatic rings. The van der Waals surface area contributed by atoms with E-state index in [1.165, 1.54) is 13.2 Å². The van der Waals surface area contributed by atoms with Gasteiger partial charge in [0, 0.05) is 5.56 Å². The molecule has 0 fully saturated rings. The monoisotopic (exact) mass is 169 g/mol. The maximum Gasteiger partial charge on any atom is 0.128 e. The van der Waals surface area contributed by atoms with E-state index in [9.17, 15) is 4.39 Å². The Balaban J connectivity index is 2.79. The summed E-state index contributed by atoms with van der Waals surface area (Å²) in [4.78, 5) is 4.70. The summed E-state index contributed by atoms with van der Waals surface area (Å²) < 4.78 is 13.1. The molecule has 0 aromatic heterocycles. The van der Waals surface area contributed by atoms with Crippen molar-refractivity contribution in [1.29, 1.82) is 0 Å². The van der Waals surface area contributed by atoms with Crippen molar-refractivity contribution in [3.8, 4) is 0 Å². The minimum absolute atomic E-state index is 0.129. The fourth-order valence-corrected chi connectivity index (χ4v) is 1.07. The van der Waals surface area contributed by atoms with Gasteiger partial charge in [-0.2, -0.15) is 5.48 Å². The molecule has 12 heavy (non-hydrogen) atoms. The Labute approximate surface area is 71.3 Å². The molecule has 0 spiro atoms. The normalized spacial score (nSPS) is 12.9. The maximum absolute atomic E-state index is 13.1. The van der Waals surface area contributed by atoms with Gasteiger partial charge < -0.3 is 4.84 Å². The van der Waals surface area contributed by atoms with E-state index in [-0.39, 0.29) is 11.9 Å². The van der Waals surface area contributed by atoms with Gasteiger partial charge in [0.15, 0.2) is 0 Å². The molecule has 0 aliphatic carbocycles. The van der Waals surface area contributed by atoms with Crippen LogP contribution in [-0.2, 0) is 4.84 Å². The first kappa shape index (κ1) is 9.16. The van der Waals surface area contributed by atoms with Crippen LogP contribution in [-0.4, -0.2) is 7.11 Å². The van der Waals surface area contributed by atoms with E-state index >= 15 is 0 Å². The van der Waals surface area contributed by atoms with Crippen LogP contribution in [0.25, 0.3) is 0 Å². The highest BCUT2D eigenvalue weighted by molar-refractivity contribution is 5.20. The molecular weight excluding hydrogens is 157 g/mol. The number of hydrogen-bond acceptors (Lipinski definition) is 2. The van der Waals surface area contributed by atoms with Crippen LogP contribution in [0.2, 0.25) is 0 Å². The minimum atomic E-state index is -0.213. The van der Waals surface area contributed by atoms with Crippen molar-refractivity contribution in [2.24, 2.45) is 0 Å². The van der Waals surface area contributed by atoms with Gasteiger partial charge in [0.05, 0.1) is 13.2 Å². The van der Waals surface area contributed by atoms with Crippen LogP contribution in [0.3, 0.4) is 0 Å². The zero-order valence-corrected chi connectivity index (χ0v) is 7.17. The van der Waals surface area contributed by atoms with Crippen molar-refractivity contribution >= 4 is 0 Å². The lowest BCUT2D eigenvalue weighted by molar-refractivity contribution is 0.0648.